The van der Waals surface area contributed by atoms with E-state index in [0.717, 1.165) is 11.3 Å². The van der Waals surface area contributed by atoms with Crippen molar-refractivity contribution in [3.63, 3.8) is 0 Å². The number of nitrogens with zero attached hydrogens (tertiary/aromatic N) is 1. The Morgan fingerprint density at radius 2 is 1.80 bits per heavy atom. The Bertz CT molecular complexity index is 732. The zero-order chi connectivity index (χ0) is 18.2. The Kier molecular flexibility index (Phi) is 6.51. The largest absolute Gasteiger partial charge is 0.493 e. The summed E-state index contributed by atoms with van der Waals surface area (Å²) in [7, 11) is 1.56. The second kappa shape index (κ2) is 8.82. The van der Waals surface area contributed by atoms with Crippen LogP contribution < -0.4 is 10.1 Å². The van der Waals surface area contributed by atoms with Crippen molar-refractivity contribution in [1.29, 1.82) is 0 Å². The van der Waals surface area contributed by atoms with Crippen molar-refractivity contribution < 1.29 is 18.7 Å². The van der Waals surface area contributed by atoms with Crippen LogP contribution in [0.2, 0.25) is 0 Å². The highest BCUT2D eigenvalue weighted by Crippen LogP contribution is 2.16. The molecule has 0 aromatic heterocycles. The summed E-state index contributed by atoms with van der Waals surface area (Å²) in [5.74, 6) is -0.170. The molecule has 0 spiro atoms. The Morgan fingerprint density at radius 3 is 2.48 bits per heavy atom. The van der Waals surface area contributed by atoms with Crippen LogP contribution in [0, 0.1) is 12.7 Å². The summed E-state index contributed by atoms with van der Waals surface area (Å²) in [5.41, 5.74) is 1.48. The van der Waals surface area contributed by atoms with Crippen molar-refractivity contribution in [3.05, 3.63) is 59.9 Å². The summed E-state index contributed by atoms with van der Waals surface area (Å²) in [5, 5.41) is 2.61. The van der Waals surface area contributed by atoms with Crippen LogP contribution in [0.5, 0.6) is 5.75 Å². The maximum atomic E-state index is 12.8. The van der Waals surface area contributed by atoms with E-state index < -0.39 is 0 Å². The quantitative estimate of drug-likeness (QED) is 0.840. The number of hydrogen-bond donors (Lipinski definition) is 1. The van der Waals surface area contributed by atoms with Gasteiger partial charge in [0.1, 0.15) is 11.6 Å². The highest BCUT2D eigenvalue weighted by atomic mass is 19.1. The minimum atomic E-state index is -0.376. The van der Waals surface area contributed by atoms with Gasteiger partial charge >= 0.3 is 0 Å². The minimum absolute atomic E-state index is 0.0828. The number of likely N-dealkylation sites (N-methyl/N-ethyl adjacent to an activating group) is 1. The second-order valence-corrected chi connectivity index (χ2v) is 5.67. The molecule has 2 aromatic rings. The zero-order valence-corrected chi connectivity index (χ0v) is 14.3. The van der Waals surface area contributed by atoms with E-state index in [-0.39, 0.29) is 37.2 Å². The van der Waals surface area contributed by atoms with E-state index in [0.29, 0.717) is 5.69 Å². The van der Waals surface area contributed by atoms with E-state index in [2.05, 4.69) is 5.32 Å². The number of rotatable bonds is 7. The SMILES string of the molecule is Cc1ccccc1OCCC(=O)N(C)CC(=O)Nc1ccc(F)cc1. The lowest BCUT2D eigenvalue weighted by molar-refractivity contribution is -0.133. The fourth-order valence-electron chi connectivity index (χ4n) is 2.19. The van der Waals surface area contributed by atoms with Crippen molar-refractivity contribution in [3.8, 4) is 5.75 Å². The van der Waals surface area contributed by atoms with E-state index in [1.165, 1.54) is 29.2 Å². The number of carbonyl (C=O) groups excluding carboxylic acids is 2. The average Bonchev–Trinajstić information content (AvgIpc) is 2.58. The normalized spacial score (nSPS) is 10.2. The molecule has 132 valence electrons. The Labute approximate surface area is 146 Å². The van der Waals surface area contributed by atoms with Crippen LogP contribution in [-0.2, 0) is 9.59 Å². The molecule has 0 aliphatic heterocycles. The molecule has 25 heavy (non-hydrogen) atoms. The van der Waals surface area contributed by atoms with E-state index in [9.17, 15) is 14.0 Å². The topological polar surface area (TPSA) is 58.6 Å². The highest BCUT2D eigenvalue weighted by Gasteiger charge is 2.13. The minimum Gasteiger partial charge on any atom is -0.493 e. The van der Waals surface area contributed by atoms with E-state index >= 15 is 0 Å². The summed E-state index contributed by atoms with van der Waals surface area (Å²) in [6.45, 7) is 2.09. The van der Waals surface area contributed by atoms with Crippen molar-refractivity contribution >= 4 is 17.5 Å². The van der Waals surface area contributed by atoms with Crippen LogP contribution in [0.4, 0.5) is 10.1 Å². The van der Waals surface area contributed by atoms with E-state index in [1.807, 2.05) is 31.2 Å². The van der Waals surface area contributed by atoms with Gasteiger partial charge in [-0.1, -0.05) is 18.2 Å². The standard InChI is InChI=1S/C19H21FN2O3/c1-14-5-3-4-6-17(14)25-12-11-19(24)22(2)13-18(23)21-16-9-7-15(20)8-10-16/h3-10H,11-13H2,1-2H3,(H,21,23). The first-order chi connectivity index (χ1) is 12.0. The van der Waals surface area contributed by atoms with Gasteiger partial charge in [-0.25, -0.2) is 4.39 Å². The van der Waals surface area contributed by atoms with Gasteiger partial charge in [0, 0.05) is 12.7 Å². The molecule has 6 heteroatoms. The molecule has 0 atom stereocenters. The van der Waals surface area contributed by atoms with Crippen molar-refractivity contribution in [1.82, 2.24) is 4.90 Å². The molecule has 0 heterocycles. The summed E-state index contributed by atoms with van der Waals surface area (Å²) < 4.78 is 18.4. The lowest BCUT2D eigenvalue weighted by atomic mass is 10.2. The molecule has 0 aliphatic carbocycles. The molecule has 0 saturated heterocycles. The number of nitrogens with one attached hydrogen (secondary N) is 1. The molecular formula is C19H21FN2O3. The van der Waals surface area contributed by atoms with Gasteiger partial charge in [0.2, 0.25) is 11.8 Å². The van der Waals surface area contributed by atoms with Gasteiger partial charge in [0.25, 0.3) is 0 Å². The molecule has 0 saturated carbocycles. The fraction of sp³-hybridized carbons (Fsp3) is 0.263. The summed E-state index contributed by atoms with van der Waals surface area (Å²) >= 11 is 0. The Morgan fingerprint density at radius 1 is 1.12 bits per heavy atom. The third-order valence-electron chi connectivity index (χ3n) is 3.60. The molecule has 2 rings (SSSR count). The maximum absolute atomic E-state index is 12.8. The van der Waals surface area contributed by atoms with Crippen LogP contribution >= 0.6 is 0 Å². The van der Waals surface area contributed by atoms with Crippen molar-refractivity contribution in [2.45, 2.75) is 13.3 Å². The van der Waals surface area contributed by atoms with Gasteiger partial charge in [0.15, 0.2) is 0 Å². The number of hydrogen-bond acceptors (Lipinski definition) is 3. The number of carbonyl (C=O) groups is 2. The van der Waals surface area contributed by atoms with Crippen LogP contribution in [0.25, 0.3) is 0 Å². The third kappa shape index (κ3) is 5.91. The first-order valence-electron chi connectivity index (χ1n) is 7.93. The zero-order valence-electron chi connectivity index (χ0n) is 14.3. The summed E-state index contributed by atoms with van der Waals surface area (Å²) in [6.07, 6.45) is 0.175. The molecule has 5 nitrogen and oxygen atoms in total. The monoisotopic (exact) mass is 344 g/mol. The van der Waals surface area contributed by atoms with Gasteiger partial charge in [-0.15, -0.1) is 0 Å². The van der Waals surface area contributed by atoms with Crippen molar-refractivity contribution in [2.75, 3.05) is 25.5 Å². The van der Waals surface area contributed by atoms with Crippen LogP contribution in [-0.4, -0.2) is 36.9 Å². The van der Waals surface area contributed by atoms with Gasteiger partial charge in [0.05, 0.1) is 19.6 Å². The Hall–Kier alpha value is -2.89. The number of benzene rings is 2. The number of halogens is 1. The molecule has 2 amide bonds. The molecule has 0 bridgehead atoms. The summed E-state index contributed by atoms with van der Waals surface area (Å²) in [4.78, 5) is 25.3. The second-order valence-electron chi connectivity index (χ2n) is 5.67. The number of amides is 2. The average molecular weight is 344 g/mol. The molecule has 2 aromatic carbocycles. The number of aryl methyl sites for hydroxylation is 1. The first-order valence-corrected chi connectivity index (χ1v) is 7.93. The molecule has 0 fully saturated rings. The molecule has 0 aliphatic rings. The Balaban J connectivity index is 1.74. The lowest BCUT2D eigenvalue weighted by Gasteiger charge is -2.17. The van der Waals surface area contributed by atoms with E-state index in [4.69, 9.17) is 4.74 Å². The smallest absolute Gasteiger partial charge is 0.243 e. The van der Waals surface area contributed by atoms with Gasteiger partial charge in [-0.2, -0.15) is 0 Å². The maximum Gasteiger partial charge on any atom is 0.243 e. The molecule has 0 radical (unpaired) electrons. The number of ether oxygens (including phenoxy) is 1. The fourth-order valence-corrected chi connectivity index (χ4v) is 2.19. The van der Waals surface area contributed by atoms with E-state index in [1.54, 1.807) is 7.05 Å². The molecular weight excluding hydrogens is 323 g/mol. The lowest BCUT2D eigenvalue weighted by Crippen LogP contribution is -2.35. The third-order valence-corrected chi connectivity index (χ3v) is 3.60. The summed E-state index contributed by atoms with van der Waals surface area (Å²) in [6, 6.07) is 13.0. The number of anilines is 1. The highest BCUT2D eigenvalue weighted by molar-refractivity contribution is 5.94. The van der Waals surface area contributed by atoms with Gasteiger partial charge in [-0.05, 0) is 42.8 Å². The molecule has 0 unspecified atom stereocenters. The van der Waals surface area contributed by atoms with Gasteiger partial charge in [-0.3, -0.25) is 9.59 Å². The van der Waals surface area contributed by atoms with Crippen LogP contribution in [0.15, 0.2) is 48.5 Å². The van der Waals surface area contributed by atoms with Crippen LogP contribution in [0.3, 0.4) is 0 Å². The molecule has 1 N–H and O–H groups in total. The van der Waals surface area contributed by atoms with Crippen molar-refractivity contribution in [2.24, 2.45) is 0 Å². The predicted octanol–water partition coefficient (Wildman–Crippen LogP) is 3.00. The first kappa shape index (κ1) is 18.4. The predicted molar refractivity (Wildman–Crippen MR) is 94.0 cm³/mol. The number of para-hydroxylation sites is 1. The van der Waals surface area contributed by atoms with Gasteiger partial charge < -0.3 is 15.0 Å². The van der Waals surface area contributed by atoms with Crippen LogP contribution in [0.1, 0.15) is 12.0 Å².